The summed E-state index contributed by atoms with van der Waals surface area (Å²) in [6, 6.07) is 10.3. The van der Waals surface area contributed by atoms with Gasteiger partial charge in [-0.2, -0.15) is 0 Å². The third-order valence-electron chi connectivity index (χ3n) is 3.35. The zero-order chi connectivity index (χ0) is 15.2. The van der Waals surface area contributed by atoms with Crippen molar-refractivity contribution in [2.24, 2.45) is 0 Å². The van der Waals surface area contributed by atoms with Gasteiger partial charge in [0.15, 0.2) is 0 Å². The molecule has 0 aliphatic carbocycles. The highest BCUT2D eigenvalue weighted by atomic mass is 16.5. The molecule has 2 rings (SSSR count). The molecule has 2 aromatic rings. The minimum atomic E-state index is 0.232. The Balaban J connectivity index is 2.12. The Bertz CT molecular complexity index is 586. The van der Waals surface area contributed by atoms with Crippen LogP contribution in [0.3, 0.4) is 0 Å². The van der Waals surface area contributed by atoms with Gasteiger partial charge in [-0.25, -0.2) is 9.97 Å². The van der Waals surface area contributed by atoms with Crippen LogP contribution < -0.4 is 10.1 Å². The first-order valence-electron chi connectivity index (χ1n) is 6.94. The summed E-state index contributed by atoms with van der Waals surface area (Å²) in [7, 11) is 5.82. The molecule has 1 aromatic heterocycles. The Labute approximate surface area is 126 Å². The Morgan fingerprint density at radius 3 is 2.76 bits per heavy atom. The smallest absolute Gasteiger partial charge is 0.129 e. The third-order valence-corrected chi connectivity index (χ3v) is 3.35. The molecular weight excluding hydrogens is 264 g/mol. The molecule has 5 nitrogen and oxygen atoms in total. The molecule has 5 heteroatoms. The van der Waals surface area contributed by atoms with Crippen LogP contribution in [0, 0.1) is 6.92 Å². The Morgan fingerprint density at radius 2 is 2.10 bits per heavy atom. The molecule has 0 saturated carbocycles. The molecule has 0 bridgehead atoms. The fourth-order valence-corrected chi connectivity index (χ4v) is 2.20. The van der Waals surface area contributed by atoms with Crippen LogP contribution in [0.2, 0.25) is 0 Å². The van der Waals surface area contributed by atoms with Crippen molar-refractivity contribution in [3.63, 3.8) is 0 Å². The molecule has 0 aliphatic heterocycles. The van der Waals surface area contributed by atoms with Crippen molar-refractivity contribution in [2.45, 2.75) is 13.0 Å². The topological polar surface area (TPSA) is 50.3 Å². The molecule has 0 spiro atoms. The van der Waals surface area contributed by atoms with E-state index in [1.807, 2.05) is 25.1 Å². The number of anilines is 1. The van der Waals surface area contributed by atoms with Gasteiger partial charge in [0, 0.05) is 12.7 Å². The molecule has 0 radical (unpaired) electrons. The second-order valence-electron chi connectivity index (χ2n) is 5.13. The summed E-state index contributed by atoms with van der Waals surface area (Å²) in [5.41, 5.74) is 1.21. The van der Waals surface area contributed by atoms with Crippen LogP contribution in [0.15, 0.2) is 36.5 Å². The predicted octanol–water partition coefficient (Wildman–Crippen LogP) is 2.51. The average Bonchev–Trinajstić information content (AvgIpc) is 2.47. The van der Waals surface area contributed by atoms with Crippen LogP contribution in [0.25, 0.3) is 0 Å². The Hall–Kier alpha value is -2.14. The second kappa shape index (κ2) is 7.04. The van der Waals surface area contributed by atoms with E-state index in [1.165, 1.54) is 5.56 Å². The first-order chi connectivity index (χ1) is 10.1. The van der Waals surface area contributed by atoms with Crippen LogP contribution in [-0.2, 0) is 0 Å². The number of hydrogen-bond acceptors (Lipinski definition) is 5. The van der Waals surface area contributed by atoms with Gasteiger partial charge in [-0.1, -0.05) is 12.1 Å². The van der Waals surface area contributed by atoms with Crippen molar-refractivity contribution >= 4 is 5.82 Å². The molecule has 0 saturated heterocycles. The number of aryl methyl sites for hydroxylation is 1. The van der Waals surface area contributed by atoms with Crippen LogP contribution >= 0.6 is 0 Å². The molecule has 1 aromatic carbocycles. The van der Waals surface area contributed by atoms with Gasteiger partial charge in [-0.15, -0.1) is 0 Å². The van der Waals surface area contributed by atoms with Crippen molar-refractivity contribution in [3.8, 4) is 5.75 Å². The number of hydrogen-bond donors (Lipinski definition) is 1. The maximum atomic E-state index is 5.30. The van der Waals surface area contributed by atoms with E-state index in [4.69, 9.17) is 4.74 Å². The second-order valence-corrected chi connectivity index (χ2v) is 5.13. The lowest BCUT2D eigenvalue weighted by molar-refractivity contribution is 0.310. The number of rotatable bonds is 6. The van der Waals surface area contributed by atoms with Crippen molar-refractivity contribution < 1.29 is 4.74 Å². The van der Waals surface area contributed by atoms with Crippen molar-refractivity contribution in [3.05, 3.63) is 47.9 Å². The van der Waals surface area contributed by atoms with Gasteiger partial charge in [-0.3, -0.25) is 0 Å². The number of ether oxygens (including phenoxy) is 1. The van der Waals surface area contributed by atoms with Crippen LogP contribution in [0.1, 0.15) is 17.4 Å². The summed E-state index contributed by atoms with van der Waals surface area (Å²) < 4.78 is 5.30. The highest BCUT2D eigenvalue weighted by molar-refractivity contribution is 5.35. The van der Waals surface area contributed by atoms with Crippen LogP contribution in [-0.4, -0.2) is 42.6 Å². The number of nitrogens with one attached hydrogen (secondary N) is 1. The normalized spacial score (nSPS) is 12.2. The monoisotopic (exact) mass is 286 g/mol. The molecule has 1 heterocycles. The Morgan fingerprint density at radius 1 is 1.29 bits per heavy atom. The van der Waals surface area contributed by atoms with Gasteiger partial charge in [0.2, 0.25) is 0 Å². The molecule has 112 valence electrons. The van der Waals surface area contributed by atoms with E-state index < -0.39 is 0 Å². The molecule has 0 amide bonds. The summed E-state index contributed by atoms with van der Waals surface area (Å²) in [5.74, 6) is 2.48. The van der Waals surface area contributed by atoms with Gasteiger partial charge in [0.05, 0.1) is 13.2 Å². The first kappa shape index (κ1) is 15.3. The lowest BCUT2D eigenvalue weighted by Gasteiger charge is -2.25. The maximum Gasteiger partial charge on any atom is 0.129 e. The van der Waals surface area contributed by atoms with E-state index >= 15 is 0 Å². The van der Waals surface area contributed by atoms with Crippen LogP contribution in [0.5, 0.6) is 5.75 Å². The molecule has 0 aliphatic rings. The standard InChI is InChI=1S/C16H22N4O/c1-12-17-9-8-16(19-12)18-11-15(20(2)3)13-6-5-7-14(10-13)21-4/h5-10,15H,11H2,1-4H3,(H,17,18,19). The molecule has 21 heavy (non-hydrogen) atoms. The minimum Gasteiger partial charge on any atom is -0.497 e. The third kappa shape index (κ3) is 4.16. The van der Waals surface area contributed by atoms with Gasteiger partial charge in [0.1, 0.15) is 17.4 Å². The van der Waals surface area contributed by atoms with Gasteiger partial charge in [0.25, 0.3) is 0 Å². The minimum absolute atomic E-state index is 0.232. The summed E-state index contributed by atoms with van der Waals surface area (Å²) in [4.78, 5) is 10.6. The van der Waals surface area contributed by atoms with Crippen LogP contribution in [0.4, 0.5) is 5.82 Å². The van der Waals surface area contributed by atoms with E-state index in [9.17, 15) is 0 Å². The molecular formula is C16H22N4O. The fourth-order valence-electron chi connectivity index (χ4n) is 2.20. The number of likely N-dealkylation sites (N-methyl/N-ethyl adjacent to an activating group) is 1. The number of aromatic nitrogens is 2. The van der Waals surface area contributed by atoms with Crippen molar-refractivity contribution in [2.75, 3.05) is 33.1 Å². The first-order valence-corrected chi connectivity index (χ1v) is 6.94. The van der Waals surface area contributed by atoms with Gasteiger partial charge in [-0.05, 0) is 44.8 Å². The maximum absolute atomic E-state index is 5.30. The zero-order valence-corrected chi connectivity index (χ0v) is 13.0. The van der Waals surface area contributed by atoms with E-state index in [0.29, 0.717) is 0 Å². The van der Waals surface area contributed by atoms with E-state index in [1.54, 1.807) is 13.3 Å². The summed E-state index contributed by atoms with van der Waals surface area (Å²) in [6.45, 7) is 2.65. The molecule has 1 atom stereocenters. The molecule has 1 N–H and O–H groups in total. The SMILES string of the molecule is COc1cccc(C(CNc2ccnc(C)n2)N(C)C)c1. The van der Waals surface area contributed by atoms with E-state index in [2.05, 4.69) is 46.4 Å². The summed E-state index contributed by atoms with van der Waals surface area (Å²) >= 11 is 0. The van der Waals surface area contributed by atoms with Gasteiger partial charge < -0.3 is 15.0 Å². The highest BCUT2D eigenvalue weighted by Gasteiger charge is 2.14. The van der Waals surface area contributed by atoms with Gasteiger partial charge >= 0.3 is 0 Å². The van der Waals surface area contributed by atoms with E-state index in [0.717, 1.165) is 23.9 Å². The quantitative estimate of drug-likeness (QED) is 0.884. The summed E-state index contributed by atoms with van der Waals surface area (Å²) in [5, 5.41) is 3.37. The fraction of sp³-hybridized carbons (Fsp3) is 0.375. The predicted molar refractivity (Wildman–Crippen MR) is 84.7 cm³/mol. The lowest BCUT2D eigenvalue weighted by Crippen LogP contribution is -2.27. The van der Waals surface area contributed by atoms with Crippen molar-refractivity contribution in [1.29, 1.82) is 0 Å². The van der Waals surface area contributed by atoms with Crippen molar-refractivity contribution in [1.82, 2.24) is 14.9 Å². The largest absolute Gasteiger partial charge is 0.497 e. The lowest BCUT2D eigenvalue weighted by atomic mass is 10.1. The number of methoxy groups -OCH3 is 1. The highest BCUT2D eigenvalue weighted by Crippen LogP contribution is 2.23. The number of nitrogens with zero attached hydrogens (tertiary/aromatic N) is 3. The Kier molecular flexibility index (Phi) is 5.11. The summed E-state index contributed by atoms with van der Waals surface area (Å²) in [6.07, 6.45) is 1.76. The average molecular weight is 286 g/mol. The molecule has 1 unspecified atom stereocenters. The number of benzene rings is 1. The molecule has 0 fully saturated rings. The zero-order valence-electron chi connectivity index (χ0n) is 13.0. The van der Waals surface area contributed by atoms with E-state index in [-0.39, 0.29) is 6.04 Å².